The number of rotatable bonds is 3. The van der Waals surface area contributed by atoms with E-state index >= 15 is 0 Å². The summed E-state index contributed by atoms with van der Waals surface area (Å²) in [5, 5.41) is 1.10. The van der Waals surface area contributed by atoms with Crippen LogP contribution in [0.25, 0.3) is 10.9 Å². The molecule has 6 nitrogen and oxygen atoms in total. The highest BCUT2D eigenvalue weighted by Gasteiger charge is 2.40. The van der Waals surface area contributed by atoms with Crippen molar-refractivity contribution < 1.29 is 14.3 Å². The molecule has 2 amide bonds. The normalized spacial score (nSPS) is 19.1. The van der Waals surface area contributed by atoms with E-state index in [1.165, 1.54) is 0 Å². The third-order valence-corrected chi connectivity index (χ3v) is 5.95. The molecule has 1 saturated heterocycles. The van der Waals surface area contributed by atoms with Crippen molar-refractivity contribution in [2.75, 3.05) is 32.8 Å². The number of benzene rings is 2. The number of nitrogens with zero attached hydrogens (tertiary/aromatic N) is 3. The second-order valence-corrected chi connectivity index (χ2v) is 7.63. The van der Waals surface area contributed by atoms with Gasteiger partial charge < -0.3 is 19.1 Å². The largest absolute Gasteiger partial charge is 0.378 e. The Bertz CT molecular complexity index is 1100. The van der Waals surface area contributed by atoms with Crippen LogP contribution in [0.4, 0.5) is 0 Å². The van der Waals surface area contributed by atoms with Crippen molar-refractivity contribution >= 4 is 22.7 Å². The summed E-state index contributed by atoms with van der Waals surface area (Å²) in [5.41, 5.74) is 3.80. The van der Waals surface area contributed by atoms with E-state index in [9.17, 15) is 9.59 Å². The molecule has 0 saturated carbocycles. The Balaban J connectivity index is 1.58. The van der Waals surface area contributed by atoms with E-state index in [2.05, 4.69) is 22.9 Å². The van der Waals surface area contributed by atoms with Gasteiger partial charge in [0.25, 0.3) is 5.91 Å². The number of aromatic nitrogens is 1. The summed E-state index contributed by atoms with van der Waals surface area (Å²) in [6.45, 7) is 2.32. The Kier molecular flexibility index (Phi) is 4.36. The lowest BCUT2D eigenvalue weighted by Crippen LogP contribution is -2.46. The van der Waals surface area contributed by atoms with Crippen LogP contribution in [0.2, 0.25) is 0 Å². The van der Waals surface area contributed by atoms with Gasteiger partial charge in [0.1, 0.15) is 6.54 Å². The fourth-order valence-electron chi connectivity index (χ4n) is 4.52. The number of ether oxygens (including phenoxy) is 1. The average molecular weight is 389 g/mol. The molecule has 1 fully saturated rings. The van der Waals surface area contributed by atoms with Crippen LogP contribution < -0.4 is 0 Å². The summed E-state index contributed by atoms with van der Waals surface area (Å²) < 4.78 is 7.44. The standard InChI is InChI=1S/C23H23N3O3/c1-24-14-19(16-6-4-5-9-20(16)24)22-17-7-2-3-8-18(17)23(28)26(22)15-21(27)25-10-12-29-13-11-25/h2-9,14,22H,10-13,15H2,1H3. The monoisotopic (exact) mass is 389 g/mol. The van der Waals surface area contributed by atoms with Gasteiger partial charge in [-0.15, -0.1) is 0 Å². The maximum Gasteiger partial charge on any atom is 0.255 e. The molecule has 5 rings (SSSR count). The Morgan fingerprint density at radius 1 is 1.03 bits per heavy atom. The van der Waals surface area contributed by atoms with Crippen LogP contribution in [0.5, 0.6) is 0 Å². The third kappa shape index (κ3) is 2.91. The van der Waals surface area contributed by atoms with Crippen molar-refractivity contribution in [3.63, 3.8) is 0 Å². The average Bonchev–Trinajstić information content (AvgIpc) is 3.23. The number of amides is 2. The molecule has 2 aliphatic heterocycles. The number of hydrogen-bond donors (Lipinski definition) is 0. The predicted octanol–water partition coefficient (Wildman–Crippen LogP) is 2.58. The minimum absolute atomic E-state index is 0.0281. The molecule has 0 spiro atoms. The Labute approximate surface area is 169 Å². The van der Waals surface area contributed by atoms with E-state index in [1.54, 1.807) is 9.80 Å². The Morgan fingerprint density at radius 3 is 2.59 bits per heavy atom. The molecule has 0 radical (unpaired) electrons. The number of carbonyl (C=O) groups is 2. The zero-order valence-corrected chi connectivity index (χ0v) is 16.4. The molecular formula is C23H23N3O3. The van der Waals surface area contributed by atoms with Gasteiger partial charge in [-0.25, -0.2) is 0 Å². The zero-order valence-electron chi connectivity index (χ0n) is 16.4. The highest BCUT2D eigenvalue weighted by Crippen LogP contribution is 2.41. The van der Waals surface area contributed by atoms with Gasteiger partial charge in [0.2, 0.25) is 5.91 Å². The fourth-order valence-corrected chi connectivity index (χ4v) is 4.52. The fraction of sp³-hybridized carbons (Fsp3) is 0.304. The Hall–Kier alpha value is -3.12. The van der Waals surface area contributed by atoms with Crippen molar-refractivity contribution in [1.82, 2.24) is 14.4 Å². The van der Waals surface area contributed by atoms with Gasteiger partial charge in [0, 0.05) is 48.4 Å². The summed E-state index contributed by atoms with van der Waals surface area (Å²) in [4.78, 5) is 29.8. The molecule has 2 aliphatic rings. The van der Waals surface area contributed by atoms with E-state index in [-0.39, 0.29) is 24.4 Å². The lowest BCUT2D eigenvalue weighted by atomic mass is 9.97. The molecule has 3 heterocycles. The topological polar surface area (TPSA) is 54.8 Å². The number of para-hydroxylation sites is 1. The van der Waals surface area contributed by atoms with Gasteiger partial charge in [-0.2, -0.15) is 0 Å². The summed E-state index contributed by atoms with van der Waals surface area (Å²) in [6, 6.07) is 15.6. The summed E-state index contributed by atoms with van der Waals surface area (Å²) >= 11 is 0. The number of hydrogen-bond acceptors (Lipinski definition) is 3. The van der Waals surface area contributed by atoms with E-state index in [1.807, 2.05) is 43.4 Å². The van der Waals surface area contributed by atoms with E-state index < -0.39 is 0 Å². The van der Waals surface area contributed by atoms with Crippen molar-refractivity contribution in [2.45, 2.75) is 6.04 Å². The third-order valence-electron chi connectivity index (χ3n) is 5.95. The molecule has 3 aromatic rings. The summed E-state index contributed by atoms with van der Waals surface area (Å²) in [5.74, 6) is -0.111. The van der Waals surface area contributed by atoms with Gasteiger partial charge in [-0.3, -0.25) is 9.59 Å². The zero-order chi connectivity index (χ0) is 20.0. The van der Waals surface area contributed by atoms with Crippen molar-refractivity contribution in [1.29, 1.82) is 0 Å². The highest BCUT2D eigenvalue weighted by atomic mass is 16.5. The molecule has 148 valence electrons. The van der Waals surface area contributed by atoms with E-state index in [0.717, 1.165) is 22.0 Å². The minimum atomic E-state index is -0.269. The first-order valence-corrected chi connectivity index (χ1v) is 9.94. The molecule has 29 heavy (non-hydrogen) atoms. The summed E-state index contributed by atoms with van der Waals surface area (Å²) in [6.07, 6.45) is 2.08. The van der Waals surface area contributed by atoms with Gasteiger partial charge >= 0.3 is 0 Å². The van der Waals surface area contributed by atoms with Crippen molar-refractivity contribution in [2.24, 2.45) is 7.05 Å². The highest BCUT2D eigenvalue weighted by molar-refractivity contribution is 6.02. The van der Waals surface area contributed by atoms with E-state index in [0.29, 0.717) is 31.9 Å². The quantitative estimate of drug-likeness (QED) is 0.692. The molecule has 2 aromatic carbocycles. The minimum Gasteiger partial charge on any atom is -0.378 e. The number of carbonyl (C=O) groups excluding carboxylic acids is 2. The van der Waals surface area contributed by atoms with Crippen molar-refractivity contribution in [3.05, 3.63) is 71.4 Å². The maximum atomic E-state index is 13.3. The number of morpholine rings is 1. The lowest BCUT2D eigenvalue weighted by molar-refractivity contribution is -0.136. The second-order valence-electron chi connectivity index (χ2n) is 7.63. The van der Waals surface area contributed by atoms with Gasteiger partial charge in [0.05, 0.1) is 19.3 Å². The SMILES string of the molecule is Cn1cc(C2c3ccccc3C(=O)N2CC(=O)N2CCOCC2)c2ccccc21. The maximum absolute atomic E-state index is 13.3. The lowest BCUT2D eigenvalue weighted by Gasteiger charge is -2.31. The van der Waals surface area contributed by atoms with Crippen LogP contribution >= 0.6 is 0 Å². The predicted molar refractivity (Wildman–Crippen MR) is 110 cm³/mol. The van der Waals surface area contributed by atoms with Gasteiger partial charge in [0.15, 0.2) is 0 Å². The molecule has 0 aliphatic carbocycles. The molecule has 1 atom stereocenters. The molecule has 0 bridgehead atoms. The smallest absolute Gasteiger partial charge is 0.255 e. The number of aryl methyl sites for hydroxylation is 1. The van der Waals surface area contributed by atoms with Crippen LogP contribution in [-0.4, -0.2) is 59.0 Å². The molecule has 0 N–H and O–H groups in total. The summed E-state index contributed by atoms with van der Waals surface area (Å²) in [7, 11) is 2.01. The first-order valence-electron chi connectivity index (χ1n) is 9.94. The van der Waals surface area contributed by atoms with Crippen LogP contribution in [0.15, 0.2) is 54.7 Å². The first kappa shape index (κ1) is 17.9. The molecular weight excluding hydrogens is 366 g/mol. The first-order chi connectivity index (χ1) is 14.1. The number of fused-ring (bicyclic) bond motifs is 2. The van der Waals surface area contributed by atoms with E-state index in [4.69, 9.17) is 4.74 Å². The second kappa shape index (κ2) is 7.04. The molecule has 1 aromatic heterocycles. The van der Waals surface area contributed by atoms with Crippen molar-refractivity contribution in [3.8, 4) is 0 Å². The van der Waals surface area contributed by atoms with Gasteiger partial charge in [-0.05, 0) is 17.7 Å². The van der Waals surface area contributed by atoms with Crippen LogP contribution in [0.3, 0.4) is 0 Å². The Morgan fingerprint density at radius 2 is 1.76 bits per heavy atom. The van der Waals surface area contributed by atoms with Crippen LogP contribution in [0, 0.1) is 0 Å². The molecule has 6 heteroatoms. The molecule has 1 unspecified atom stereocenters. The van der Waals surface area contributed by atoms with Crippen LogP contribution in [0.1, 0.15) is 27.5 Å². The van der Waals surface area contributed by atoms with Crippen LogP contribution in [-0.2, 0) is 16.6 Å². The van der Waals surface area contributed by atoms with Gasteiger partial charge in [-0.1, -0.05) is 36.4 Å².